The highest BCUT2D eigenvalue weighted by molar-refractivity contribution is 5.94. The molecule has 0 saturated carbocycles. The molecular formula is C23H26FN5O2. The van der Waals surface area contributed by atoms with Gasteiger partial charge < -0.3 is 24.4 Å². The summed E-state index contributed by atoms with van der Waals surface area (Å²) in [5.41, 5.74) is 2.23. The van der Waals surface area contributed by atoms with Crippen molar-refractivity contribution in [2.45, 2.75) is 6.54 Å². The molecule has 162 valence electrons. The van der Waals surface area contributed by atoms with Crippen molar-refractivity contribution >= 4 is 23.3 Å². The van der Waals surface area contributed by atoms with Crippen LogP contribution in [0.1, 0.15) is 15.9 Å². The quantitative estimate of drug-likeness (QED) is 0.702. The molecule has 31 heavy (non-hydrogen) atoms. The number of carbonyl (C=O) groups is 2. The Morgan fingerprint density at radius 2 is 1.77 bits per heavy atom. The minimum atomic E-state index is -0.322. The van der Waals surface area contributed by atoms with Gasteiger partial charge in [0.1, 0.15) is 11.6 Å². The molecule has 3 amide bonds. The molecule has 1 saturated heterocycles. The van der Waals surface area contributed by atoms with Gasteiger partial charge in [0, 0.05) is 58.5 Å². The number of amides is 3. The van der Waals surface area contributed by atoms with Gasteiger partial charge in [-0.1, -0.05) is 12.1 Å². The van der Waals surface area contributed by atoms with E-state index in [0.717, 1.165) is 24.4 Å². The Kier molecular flexibility index (Phi) is 5.79. The van der Waals surface area contributed by atoms with E-state index in [1.807, 2.05) is 33.7 Å². The van der Waals surface area contributed by atoms with Crippen LogP contribution in [0, 0.1) is 5.82 Å². The van der Waals surface area contributed by atoms with Crippen molar-refractivity contribution in [2.75, 3.05) is 45.2 Å². The molecule has 1 aromatic carbocycles. The number of pyridine rings is 1. The average molecular weight is 423 g/mol. The molecule has 0 bridgehead atoms. The fourth-order valence-corrected chi connectivity index (χ4v) is 3.82. The zero-order chi connectivity index (χ0) is 22.0. The molecule has 0 spiro atoms. The van der Waals surface area contributed by atoms with Crippen LogP contribution in [-0.2, 0) is 6.54 Å². The van der Waals surface area contributed by atoms with Crippen LogP contribution in [0.15, 0.2) is 54.7 Å². The smallest absolute Gasteiger partial charge is 0.319 e. The molecule has 1 aliphatic rings. The van der Waals surface area contributed by atoms with E-state index in [2.05, 4.69) is 10.2 Å². The first-order valence-electron chi connectivity index (χ1n) is 10.3. The summed E-state index contributed by atoms with van der Waals surface area (Å²) in [6.07, 6.45) is 1.82. The Morgan fingerprint density at radius 1 is 1.03 bits per heavy atom. The largest absolute Gasteiger partial charge is 0.354 e. The van der Waals surface area contributed by atoms with Gasteiger partial charge in [-0.15, -0.1) is 0 Å². The van der Waals surface area contributed by atoms with Crippen molar-refractivity contribution < 1.29 is 14.0 Å². The first-order valence-corrected chi connectivity index (χ1v) is 10.3. The molecule has 1 N–H and O–H groups in total. The minimum Gasteiger partial charge on any atom is -0.354 e. The summed E-state index contributed by atoms with van der Waals surface area (Å²) in [6, 6.07) is 14.0. The van der Waals surface area contributed by atoms with Crippen LogP contribution in [-0.4, -0.2) is 66.4 Å². The number of halogens is 1. The number of hydrogen-bond acceptors (Lipinski definition) is 3. The Labute approximate surface area is 180 Å². The van der Waals surface area contributed by atoms with Gasteiger partial charge in [-0.2, -0.15) is 0 Å². The van der Waals surface area contributed by atoms with Gasteiger partial charge in [-0.05, 0) is 42.0 Å². The molecule has 0 atom stereocenters. The summed E-state index contributed by atoms with van der Waals surface area (Å²) < 4.78 is 15.3. The van der Waals surface area contributed by atoms with E-state index >= 15 is 0 Å². The Morgan fingerprint density at radius 3 is 2.48 bits per heavy atom. The summed E-state index contributed by atoms with van der Waals surface area (Å²) in [5, 5.41) is 2.85. The lowest BCUT2D eigenvalue weighted by atomic mass is 10.2. The van der Waals surface area contributed by atoms with Crippen LogP contribution in [0.2, 0.25) is 0 Å². The van der Waals surface area contributed by atoms with Gasteiger partial charge in [0.05, 0.1) is 5.56 Å². The number of hydrogen-bond donors (Lipinski definition) is 1. The molecule has 4 rings (SSSR count). The van der Waals surface area contributed by atoms with Gasteiger partial charge in [0.25, 0.3) is 5.91 Å². The second-order valence-corrected chi connectivity index (χ2v) is 7.87. The third-order valence-electron chi connectivity index (χ3n) is 5.49. The third-order valence-corrected chi connectivity index (χ3v) is 5.49. The summed E-state index contributed by atoms with van der Waals surface area (Å²) in [7, 11) is 3.52. The topological polar surface area (TPSA) is 60.3 Å². The lowest BCUT2D eigenvalue weighted by Crippen LogP contribution is -2.51. The van der Waals surface area contributed by atoms with Crippen LogP contribution < -0.4 is 10.2 Å². The van der Waals surface area contributed by atoms with E-state index in [1.54, 1.807) is 37.2 Å². The van der Waals surface area contributed by atoms with Crippen LogP contribution in [0.5, 0.6) is 0 Å². The predicted molar refractivity (Wildman–Crippen MR) is 118 cm³/mol. The summed E-state index contributed by atoms with van der Waals surface area (Å²) in [6.45, 7) is 3.01. The molecule has 1 aliphatic heterocycles. The summed E-state index contributed by atoms with van der Waals surface area (Å²) >= 11 is 0. The van der Waals surface area contributed by atoms with Crippen LogP contribution >= 0.6 is 0 Å². The molecule has 3 aromatic rings. The number of anilines is 1. The van der Waals surface area contributed by atoms with E-state index in [1.165, 1.54) is 12.1 Å². The number of piperazine rings is 1. The minimum absolute atomic E-state index is 0.0249. The number of rotatable bonds is 4. The second-order valence-electron chi connectivity index (χ2n) is 7.87. The molecule has 8 heteroatoms. The van der Waals surface area contributed by atoms with E-state index in [-0.39, 0.29) is 24.3 Å². The number of urea groups is 1. The van der Waals surface area contributed by atoms with Crippen LogP contribution in [0.3, 0.4) is 0 Å². The number of nitrogens with one attached hydrogen (secondary N) is 1. The number of fused-ring (bicyclic) bond motifs is 1. The molecule has 7 nitrogen and oxygen atoms in total. The van der Waals surface area contributed by atoms with E-state index < -0.39 is 0 Å². The summed E-state index contributed by atoms with van der Waals surface area (Å²) in [5.74, 6) is 0.455. The highest BCUT2D eigenvalue weighted by Gasteiger charge is 2.23. The first-order chi connectivity index (χ1) is 14.9. The van der Waals surface area contributed by atoms with E-state index in [4.69, 9.17) is 0 Å². The predicted octanol–water partition coefficient (Wildman–Crippen LogP) is 2.81. The highest BCUT2D eigenvalue weighted by atomic mass is 19.1. The summed E-state index contributed by atoms with van der Waals surface area (Å²) in [4.78, 5) is 30.5. The SMILES string of the molecule is CN(C)C(=O)N1CCN(c2ccc3ccc(C(=O)NCc4cccc(F)c4)cn23)CC1. The van der Waals surface area contributed by atoms with E-state index in [9.17, 15) is 14.0 Å². The van der Waals surface area contributed by atoms with Gasteiger partial charge in [0.15, 0.2) is 0 Å². The Balaban J connectivity index is 1.46. The van der Waals surface area contributed by atoms with Crippen molar-refractivity contribution in [2.24, 2.45) is 0 Å². The normalized spacial score (nSPS) is 14.0. The fraction of sp³-hybridized carbons (Fsp3) is 0.304. The third kappa shape index (κ3) is 4.47. The van der Waals surface area contributed by atoms with E-state index in [0.29, 0.717) is 24.2 Å². The van der Waals surface area contributed by atoms with Crippen LogP contribution in [0.4, 0.5) is 15.0 Å². The lowest BCUT2D eigenvalue weighted by Gasteiger charge is -2.36. The van der Waals surface area contributed by atoms with Crippen molar-refractivity contribution in [3.63, 3.8) is 0 Å². The zero-order valence-corrected chi connectivity index (χ0v) is 17.7. The first kappa shape index (κ1) is 20.7. The van der Waals surface area contributed by atoms with Gasteiger partial charge >= 0.3 is 6.03 Å². The molecular weight excluding hydrogens is 397 g/mol. The maximum absolute atomic E-state index is 13.3. The number of aromatic nitrogens is 1. The lowest BCUT2D eigenvalue weighted by molar-refractivity contribution is 0.0950. The molecule has 2 aromatic heterocycles. The maximum atomic E-state index is 13.3. The Bertz CT molecular complexity index is 1100. The molecule has 0 radical (unpaired) electrons. The van der Waals surface area contributed by atoms with Gasteiger partial charge in [-0.3, -0.25) is 4.79 Å². The average Bonchev–Trinajstić information content (AvgIpc) is 3.20. The van der Waals surface area contributed by atoms with Crippen molar-refractivity contribution in [1.29, 1.82) is 0 Å². The molecule has 3 heterocycles. The van der Waals surface area contributed by atoms with Gasteiger partial charge in [0.2, 0.25) is 0 Å². The Hall–Kier alpha value is -3.55. The number of nitrogens with zero attached hydrogens (tertiary/aromatic N) is 4. The van der Waals surface area contributed by atoms with Gasteiger partial charge in [-0.25, -0.2) is 9.18 Å². The molecule has 0 aliphatic carbocycles. The van der Waals surface area contributed by atoms with Crippen molar-refractivity contribution in [3.05, 3.63) is 71.7 Å². The maximum Gasteiger partial charge on any atom is 0.319 e. The second kappa shape index (κ2) is 8.67. The monoisotopic (exact) mass is 423 g/mol. The standard InChI is InChI=1S/C23H26FN5O2/c1-26(2)23(31)28-12-10-27(11-13-28)21-9-8-20-7-6-18(16-29(20)21)22(30)25-15-17-4-3-5-19(24)14-17/h3-9,14,16H,10-13,15H2,1-2H3,(H,25,30). The van der Waals surface area contributed by atoms with Crippen molar-refractivity contribution in [1.82, 2.24) is 19.5 Å². The highest BCUT2D eigenvalue weighted by Crippen LogP contribution is 2.22. The number of benzene rings is 1. The number of carbonyl (C=O) groups excluding carboxylic acids is 2. The zero-order valence-electron chi connectivity index (χ0n) is 17.7. The van der Waals surface area contributed by atoms with Crippen molar-refractivity contribution in [3.8, 4) is 0 Å². The molecule has 0 unspecified atom stereocenters. The molecule has 1 fully saturated rings. The van der Waals surface area contributed by atoms with Crippen LogP contribution in [0.25, 0.3) is 5.52 Å². The fourth-order valence-electron chi connectivity index (χ4n) is 3.82.